The van der Waals surface area contributed by atoms with Crippen molar-refractivity contribution in [3.05, 3.63) is 89.6 Å². The molecule has 9 nitrogen and oxygen atoms in total. The van der Waals surface area contributed by atoms with Gasteiger partial charge < -0.3 is 30.2 Å². The standard InChI is InChI=1S/C31H31N5O4/c1-19(37)36(16-15-35(2)3)24-9-7-23(8-10-24)33-29(21-6-12-26-20(17-21)13-14-32-26)28-25-11-5-22(31(39)40-4)18-27(25)34-30(28)38/h5-14,17-18,32-33H,15-16H2,1-4H3,(H,34,38). The minimum Gasteiger partial charge on any atom is -0.465 e. The van der Waals surface area contributed by atoms with Crippen LogP contribution >= 0.6 is 0 Å². The van der Waals surface area contributed by atoms with Crippen LogP contribution < -0.4 is 15.5 Å². The molecule has 0 atom stereocenters. The average Bonchev–Trinajstić information content (AvgIpc) is 3.54. The quantitative estimate of drug-likeness (QED) is 0.220. The third-order valence-electron chi connectivity index (χ3n) is 6.88. The van der Waals surface area contributed by atoms with E-state index in [0.717, 1.165) is 34.4 Å². The Labute approximate surface area is 232 Å². The van der Waals surface area contributed by atoms with Gasteiger partial charge in [0.2, 0.25) is 5.91 Å². The van der Waals surface area contributed by atoms with Crippen molar-refractivity contribution < 1.29 is 19.1 Å². The normalized spacial score (nSPS) is 13.7. The second-order valence-electron chi connectivity index (χ2n) is 9.88. The number of esters is 1. The van der Waals surface area contributed by atoms with Crippen LogP contribution in [-0.2, 0) is 14.3 Å². The Hall–Kier alpha value is -4.89. The second-order valence-corrected chi connectivity index (χ2v) is 9.88. The maximum Gasteiger partial charge on any atom is 0.337 e. The first kappa shape index (κ1) is 26.7. The molecular formula is C31H31N5O4. The summed E-state index contributed by atoms with van der Waals surface area (Å²) in [7, 11) is 5.26. The highest BCUT2D eigenvalue weighted by Crippen LogP contribution is 2.39. The number of hydrogen-bond acceptors (Lipinski definition) is 6. The first-order chi connectivity index (χ1) is 19.2. The van der Waals surface area contributed by atoms with Crippen LogP contribution in [-0.4, -0.2) is 62.0 Å². The molecule has 1 aliphatic rings. The Morgan fingerprint density at radius 2 is 1.68 bits per heavy atom. The summed E-state index contributed by atoms with van der Waals surface area (Å²) < 4.78 is 4.84. The Morgan fingerprint density at radius 3 is 2.38 bits per heavy atom. The number of rotatable bonds is 8. The zero-order valence-corrected chi connectivity index (χ0v) is 22.9. The molecule has 2 heterocycles. The molecule has 40 heavy (non-hydrogen) atoms. The van der Waals surface area contributed by atoms with Crippen LogP contribution in [0.15, 0.2) is 72.9 Å². The number of carbonyl (C=O) groups is 3. The molecule has 1 aromatic heterocycles. The number of carbonyl (C=O) groups excluding carboxylic acids is 3. The second kappa shape index (κ2) is 11.1. The molecule has 5 rings (SSSR count). The summed E-state index contributed by atoms with van der Waals surface area (Å²) in [6.07, 6.45) is 1.87. The Bertz CT molecular complexity index is 1640. The average molecular weight is 538 g/mol. The number of amides is 2. The van der Waals surface area contributed by atoms with Crippen molar-refractivity contribution in [2.24, 2.45) is 0 Å². The lowest BCUT2D eigenvalue weighted by molar-refractivity contribution is -0.116. The van der Waals surface area contributed by atoms with Gasteiger partial charge in [0.15, 0.2) is 0 Å². The van der Waals surface area contributed by atoms with Crippen LogP contribution in [0.4, 0.5) is 17.1 Å². The minimum atomic E-state index is -0.476. The molecule has 0 fully saturated rings. The highest BCUT2D eigenvalue weighted by molar-refractivity contribution is 6.37. The molecule has 1 aliphatic heterocycles. The number of benzene rings is 3. The predicted octanol–water partition coefficient (Wildman–Crippen LogP) is 4.80. The molecule has 0 bridgehead atoms. The molecule has 9 heteroatoms. The summed E-state index contributed by atoms with van der Waals surface area (Å²) in [4.78, 5) is 44.7. The van der Waals surface area contributed by atoms with Crippen molar-refractivity contribution in [1.29, 1.82) is 0 Å². The van der Waals surface area contributed by atoms with Crippen molar-refractivity contribution in [3.63, 3.8) is 0 Å². The number of nitrogens with zero attached hydrogens (tertiary/aromatic N) is 2. The summed E-state index contributed by atoms with van der Waals surface area (Å²) in [5.41, 5.74) is 6.00. The number of ether oxygens (including phenoxy) is 1. The molecule has 2 amide bonds. The van der Waals surface area contributed by atoms with E-state index in [1.54, 1.807) is 30.0 Å². The van der Waals surface area contributed by atoms with Gasteiger partial charge in [0.05, 0.1) is 29.6 Å². The van der Waals surface area contributed by atoms with Crippen molar-refractivity contribution in [2.75, 3.05) is 49.8 Å². The lowest BCUT2D eigenvalue weighted by Gasteiger charge is -2.23. The largest absolute Gasteiger partial charge is 0.465 e. The Kier molecular flexibility index (Phi) is 7.39. The number of nitrogens with one attached hydrogen (secondary N) is 3. The number of methoxy groups -OCH3 is 1. The Morgan fingerprint density at radius 1 is 0.925 bits per heavy atom. The molecule has 0 saturated carbocycles. The maximum absolute atomic E-state index is 13.4. The molecule has 4 aromatic rings. The monoisotopic (exact) mass is 537 g/mol. The first-order valence-corrected chi connectivity index (χ1v) is 12.9. The van der Waals surface area contributed by atoms with E-state index in [4.69, 9.17) is 4.74 Å². The van der Waals surface area contributed by atoms with Crippen molar-refractivity contribution >= 4 is 57.0 Å². The highest BCUT2D eigenvalue weighted by Gasteiger charge is 2.29. The van der Waals surface area contributed by atoms with Gasteiger partial charge in [-0.2, -0.15) is 0 Å². The summed E-state index contributed by atoms with van der Waals surface area (Å²) in [6, 6.07) is 20.5. The topological polar surface area (TPSA) is 107 Å². The van der Waals surface area contributed by atoms with Gasteiger partial charge in [0.25, 0.3) is 5.91 Å². The third-order valence-corrected chi connectivity index (χ3v) is 6.88. The predicted molar refractivity (Wildman–Crippen MR) is 158 cm³/mol. The fourth-order valence-electron chi connectivity index (χ4n) is 4.79. The molecule has 3 aromatic carbocycles. The lowest BCUT2D eigenvalue weighted by Crippen LogP contribution is -2.35. The van der Waals surface area contributed by atoms with E-state index in [0.29, 0.717) is 34.6 Å². The lowest BCUT2D eigenvalue weighted by atomic mass is 9.98. The summed E-state index contributed by atoms with van der Waals surface area (Å²) in [5.74, 6) is -0.788. The number of fused-ring (bicyclic) bond motifs is 2. The molecule has 204 valence electrons. The number of aromatic nitrogens is 1. The number of anilines is 3. The van der Waals surface area contributed by atoms with Gasteiger partial charge in [-0.3, -0.25) is 9.59 Å². The fraction of sp³-hybridized carbons (Fsp3) is 0.194. The van der Waals surface area contributed by atoms with Gasteiger partial charge in [-0.25, -0.2) is 4.79 Å². The summed E-state index contributed by atoms with van der Waals surface area (Å²) in [5, 5.41) is 7.37. The molecule has 0 unspecified atom stereocenters. The van der Waals surface area contributed by atoms with Crippen LogP contribution in [0, 0.1) is 0 Å². The zero-order chi connectivity index (χ0) is 28.4. The minimum absolute atomic E-state index is 0.0317. The smallest absolute Gasteiger partial charge is 0.337 e. The fourth-order valence-corrected chi connectivity index (χ4v) is 4.79. The molecule has 0 saturated heterocycles. The van der Waals surface area contributed by atoms with Crippen LogP contribution in [0.5, 0.6) is 0 Å². The number of aromatic amines is 1. The van der Waals surface area contributed by atoms with Crippen LogP contribution in [0.3, 0.4) is 0 Å². The van der Waals surface area contributed by atoms with Gasteiger partial charge in [-0.15, -0.1) is 0 Å². The molecule has 0 radical (unpaired) electrons. The van der Waals surface area contributed by atoms with E-state index in [9.17, 15) is 14.4 Å². The van der Waals surface area contributed by atoms with Crippen LogP contribution in [0.1, 0.15) is 28.4 Å². The van der Waals surface area contributed by atoms with Gasteiger partial charge >= 0.3 is 5.97 Å². The number of H-pyrrole nitrogens is 1. The van der Waals surface area contributed by atoms with Gasteiger partial charge in [0.1, 0.15) is 0 Å². The number of hydrogen-bond donors (Lipinski definition) is 3. The summed E-state index contributed by atoms with van der Waals surface area (Å²) in [6.45, 7) is 2.87. The molecule has 3 N–H and O–H groups in total. The van der Waals surface area contributed by atoms with E-state index >= 15 is 0 Å². The third kappa shape index (κ3) is 5.32. The van der Waals surface area contributed by atoms with Gasteiger partial charge in [-0.05, 0) is 74.3 Å². The molecule has 0 aliphatic carbocycles. The molecular weight excluding hydrogens is 506 g/mol. The summed E-state index contributed by atoms with van der Waals surface area (Å²) >= 11 is 0. The van der Waals surface area contributed by atoms with E-state index in [1.165, 1.54) is 7.11 Å². The zero-order valence-electron chi connectivity index (χ0n) is 22.9. The van der Waals surface area contributed by atoms with E-state index in [1.807, 2.05) is 73.7 Å². The first-order valence-electron chi connectivity index (χ1n) is 12.9. The van der Waals surface area contributed by atoms with Crippen molar-refractivity contribution in [2.45, 2.75) is 6.92 Å². The van der Waals surface area contributed by atoms with Gasteiger partial charge in [-0.1, -0.05) is 12.1 Å². The van der Waals surface area contributed by atoms with E-state index in [2.05, 4.69) is 15.6 Å². The van der Waals surface area contributed by atoms with Crippen LogP contribution in [0.2, 0.25) is 0 Å². The molecule has 0 spiro atoms. The van der Waals surface area contributed by atoms with E-state index < -0.39 is 5.97 Å². The van der Waals surface area contributed by atoms with Crippen LogP contribution in [0.25, 0.3) is 22.2 Å². The van der Waals surface area contributed by atoms with Gasteiger partial charge in [0, 0.05) is 54.1 Å². The highest BCUT2D eigenvalue weighted by atomic mass is 16.5. The number of likely N-dealkylation sites (N-methyl/N-ethyl adjacent to an activating group) is 1. The maximum atomic E-state index is 13.4. The SMILES string of the molecule is COC(=O)c1ccc2c(c1)NC(=O)C2=C(Nc1ccc(N(CCN(C)C)C(C)=O)cc1)c1ccc2[nH]ccc2c1. The van der Waals surface area contributed by atoms with E-state index in [-0.39, 0.29) is 11.8 Å². The van der Waals surface area contributed by atoms with Crippen molar-refractivity contribution in [1.82, 2.24) is 9.88 Å². The Balaban J connectivity index is 1.56. The van der Waals surface area contributed by atoms with Crippen molar-refractivity contribution in [3.8, 4) is 0 Å².